The monoisotopic (exact) mass is 316 g/mol. The van der Waals surface area contributed by atoms with Crippen molar-refractivity contribution >= 4 is 17.6 Å². The minimum Gasteiger partial charge on any atom is -0.361 e. The molecule has 0 saturated carbocycles. The summed E-state index contributed by atoms with van der Waals surface area (Å²) < 4.78 is 0. The molecule has 1 aliphatic rings. The van der Waals surface area contributed by atoms with E-state index in [9.17, 15) is 0 Å². The molecule has 2 nitrogen and oxygen atoms in total. The molecule has 0 radical (unpaired) electrons. The van der Waals surface area contributed by atoms with Crippen LogP contribution in [0.1, 0.15) is 26.7 Å². The van der Waals surface area contributed by atoms with Crippen LogP contribution in [-0.2, 0) is 0 Å². The molecule has 2 heteroatoms. The van der Waals surface area contributed by atoms with Crippen molar-refractivity contribution in [1.29, 1.82) is 0 Å². The highest BCUT2D eigenvalue weighted by atomic mass is 14.8. The maximum atomic E-state index is 4.64. The molecule has 1 atom stereocenters. The van der Waals surface area contributed by atoms with Gasteiger partial charge in [0.25, 0.3) is 0 Å². The zero-order valence-electron chi connectivity index (χ0n) is 14.4. The Morgan fingerprint density at radius 2 is 1.62 bits per heavy atom. The molecule has 3 rings (SSSR count). The van der Waals surface area contributed by atoms with Crippen molar-refractivity contribution in [1.82, 2.24) is 0 Å². The Hall–Kier alpha value is -2.61. The molecule has 0 fully saturated rings. The van der Waals surface area contributed by atoms with Crippen LogP contribution in [0.4, 0.5) is 11.4 Å². The fraction of sp³-hybridized carbons (Fsp3) is 0.227. The quantitative estimate of drug-likeness (QED) is 0.674. The standard InChI is InChI=1S/C22H24N2/c1-17-13-19(15-23-21-9-5-3-6-10-21)18(2)20(14-17)16-24-22-11-7-4-8-12-22/h3-12,15-17,23H,13-14H2,1-2H3/b19-15+,24-16?/t17-/m1/s1. The number of rotatable bonds is 4. The lowest BCUT2D eigenvalue weighted by Gasteiger charge is -2.24. The van der Waals surface area contributed by atoms with Crippen LogP contribution in [-0.4, -0.2) is 6.21 Å². The number of hydrogen-bond donors (Lipinski definition) is 1. The first-order valence-electron chi connectivity index (χ1n) is 8.52. The van der Waals surface area contributed by atoms with Gasteiger partial charge in [-0.25, -0.2) is 0 Å². The summed E-state index contributed by atoms with van der Waals surface area (Å²) in [6, 6.07) is 20.4. The van der Waals surface area contributed by atoms with Crippen LogP contribution in [0, 0.1) is 5.92 Å². The minimum atomic E-state index is 0.634. The van der Waals surface area contributed by atoms with E-state index in [0.717, 1.165) is 24.2 Å². The molecular formula is C22H24N2. The van der Waals surface area contributed by atoms with Crippen LogP contribution < -0.4 is 5.32 Å². The van der Waals surface area contributed by atoms with E-state index in [-0.39, 0.29) is 0 Å². The van der Waals surface area contributed by atoms with Crippen molar-refractivity contribution in [3.8, 4) is 0 Å². The molecule has 24 heavy (non-hydrogen) atoms. The fourth-order valence-corrected chi connectivity index (χ4v) is 3.02. The average molecular weight is 316 g/mol. The second kappa shape index (κ2) is 7.78. The minimum absolute atomic E-state index is 0.634. The first-order valence-corrected chi connectivity index (χ1v) is 8.52. The van der Waals surface area contributed by atoms with Gasteiger partial charge in [0.15, 0.2) is 0 Å². The van der Waals surface area contributed by atoms with E-state index in [1.54, 1.807) is 0 Å². The highest BCUT2D eigenvalue weighted by Crippen LogP contribution is 2.32. The van der Waals surface area contributed by atoms with Gasteiger partial charge in [-0.15, -0.1) is 0 Å². The lowest BCUT2D eigenvalue weighted by molar-refractivity contribution is 0.562. The number of nitrogens with zero attached hydrogens (tertiary/aromatic N) is 1. The largest absolute Gasteiger partial charge is 0.361 e. The van der Waals surface area contributed by atoms with E-state index in [1.807, 2.05) is 54.7 Å². The summed E-state index contributed by atoms with van der Waals surface area (Å²) in [7, 11) is 0. The normalized spacial score (nSPS) is 19.9. The number of hydrogen-bond acceptors (Lipinski definition) is 2. The second-order valence-electron chi connectivity index (χ2n) is 6.44. The van der Waals surface area contributed by atoms with E-state index < -0.39 is 0 Å². The van der Waals surface area contributed by atoms with E-state index in [1.165, 1.54) is 16.7 Å². The van der Waals surface area contributed by atoms with Crippen molar-refractivity contribution in [3.05, 3.63) is 83.6 Å². The van der Waals surface area contributed by atoms with Crippen molar-refractivity contribution in [3.63, 3.8) is 0 Å². The molecular weight excluding hydrogens is 292 g/mol. The smallest absolute Gasteiger partial charge is 0.0629 e. The predicted molar refractivity (Wildman–Crippen MR) is 104 cm³/mol. The molecule has 0 saturated heterocycles. The van der Waals surface area contributed by atoms with Gasteiger partial charge in [0.05, 0.1) is 5.69 Å². The van der Waals surface area contributed by atoms with Crippen LogP contribution >= 0.6 is 0 Å². The zero-order valence-corrected chi connectivity index (χ0v) is 14.4. The Morgan fingerprint density at radius 3 is 2.33 bits per heavy atom. The Balaban J connectivity index is 1.81. The molecule has 122 valence electrons. The summed E-state index contributed by atoms with van der Waals surface area (Å²) in [6.45, 7) is 4.51. The van der Waals surface area contributed by atoms with Gasteiger partial charge in [0.2, 0.25) is 0 Å². The SMILES string of the molecule is CC1=C(C=Nc2ccccc2)C[C@H](C)C/C1=C\Nc1ccccc1. The average Bonchev–Trinajstić information content (AvgIpc) is 2.62. The van der Waals surface area contributed by atoms with Crippen LogP contribution in [0.25, 0.3) is 0 Å². The van der Waals surface area contributed by atoms with Gasteiger partial charge >= 0.3 is 0 Å². The Bertz CT molecular complexity index is 755. The zero-order chi connectivity index (χ0) is 16.8. The molecule has 0 aliphatic heterocycles. The molecule has 0 heterocycles. The van der Waals surface area contributed by atoms with Gasteiger partial charge in [-0.2, -0.15) is 0 Å². The third-order valence-corrected chi connectivity index (χ3v) is 4.41. The second-order valence-corrected chi connectivity index (χ2v) is 6.44. The number of aliphatic imine (C=N–C) groups is 1. The molecule has 0 amide bonds. The van der Waals surface area contributed by atoms with Crippen molar-refractivity contribution in [2.24, 2.45) is 10.9 Å². The molecule has 1 N–H and O–H groups in total. The molecule has 2 aromatic carbocycles. The number of nitrogens with one attached hydrogen (secondary N) is 1. The lowest BCUT2D eigenvalue weighted by Crippen LogP contribution is -2.11. The summed E-state index contributed by atoms with van der Waals surface area (Å²) in [5.74, 6) is 0.634. The van der Waals surface area contributed by atoms with E-state index in [2.05, 4.69) is 42.5 Å². The Kier molecular flexibility index (Phi) is 5.27. The van der Waals surface area contributed by atoms with Crippen molar-refractivity contribution in [2.75, 3.05) is 5.32 Å². The first kappa shape index (κ1) is 16.3. The van der Waals surface area contributed by atoms with Gasteiger partial charge in [0.1, 0.15) is 0 Å². The van der Waals surface area contributed by atoms with Crippen LogP contribution in [0.15, 0.2) is 88.6 Å². The van der Waals surface area contributed by atoms with Gasteiger partial charge in [0, 0.05) is 18.1 Å². The van der Waals surface area contributed by atoms with E-state index in [4.69, 9.17) is 0 Å². The molecule has 2 aromatic rings. The van der Waals surface area contributed by atoms with Gasteiger partial charge in [-0.3, -0.25) is 4.99 Å². The Labute approximate surface area is 144 Å². The summed E-state index contributed by atoms with van der Waals surface area (Å²) in [6.07, 6.45) is 6.38. The maximum absolute atomic E-state index is 4.64. The fourth-order valence-electron chi connectivity index (χ4n) is 3.02. The number of anilines is 1. The maximum Gasteiger partial charge on any atom is 0.0629 e. The number of benzene rings is 2. The molecule has 0 aromatic heterocycles. The third kappa shape index (κ3) is 4.23. The summed E-state index contributed by atoms with van der Waals surface area (Å²) in [4.78, 5) is 4.64. The molecule has 0 bridgehead atoms. The molecule has 0 spiro atoms. The Morgan fingerprint density at radius 1 is 0.958 bits per heavy atom. The summed E-state index contributed by atoms with van der Waals surface area (Å²) in [5.41, 5.74) is 6.17. The molecule has 1 aliphatic carbocycles. The van der Waals surface area contributed by atoms with Crippen LogP contribution in [0.5, 0.6) is 0 Å². The van der Waals surface area contributed by atoms with Crippen LogP contribution in [0.3, 0.4) is 0 Å². The van der Waals surface area contributed by atoms with E-state index in [0.29, 0.717) is 5.92 Å². The first-order chi connectivity index (χ1) is 11.7. The highest BCUT2D eigenvalue weighted by Gasteiger charge is 2.18. The van der Waals surface area contributed by atoms with Gasteiger partial charge in [-0.1, -0.05) is 43.3 Å². The predicted octanol–water partition coefficient (Wildman–Crippen LogP) is 6.13. The van der Waals surface area contributed by atoms with E-state index >= 15 is 0 Å². The number of allylic oxidation sites excluding steroid dienone is 3. The summed E-state index contributed by atoms with van der Waals surface area (Å²) in [5, 5.41) is 3.42. The summed E-state index contributed by atoms with van der Waals surface area (Å²) >= 11 is 0. The molecule has 0 unspecified atom stereocenters. The highest BCUT2D eigenvalue weighted by molar-refractivity contribution is 5.83. The third-order valence-electron chi connectivity index (χ3n) is 4.41. The number of para-hydroxylation sites is 2. The topological polar surface area (TPSA) is 24.4 Å². The van der Waals surface area contributed by atoms with Crippen molar-refractivity contribution < 1.29 is 0 Å². The van der Waals surface area contributed by atoms with Crippen LogP contribution in [0.2, 0.25) is 0 Å². The van der Waals surface area contributed by atoms with Crippen molar-refractivity contribution in [2.45, 2.75) is 26.7 Å². The van der Waals surface area contributed by atoms with Gasteiger partial charge in [-0.05, 0) is 66.7 Å². The van der Waals surface area contributed by atoms with Gasteiger partial charge < -0.3 is 5.32 Å². The lowest BCUT2D eigenvalue weighted by atomic mass is 9.82.